The molecule has 1 atom stereocenters. The number of anilines is 1. The van der Waals surface area contributed by atoms with Gasteiger partial charge in [-0.2, -0.15) is 0 Å². The summed E-state index contributed by atoms with van der Waals surface area (Å²) in [7, 11) is 0. The summed E-state index contributed by atoms with van der Waals surface area (Å²) in [6, 6.07) is 9.24. The van der Waals surface area contributed by atoms with Gasteiger partial charge in [-0.05, 0) is 37.8 Å². The number of hydrogen-bond donors (Lipinski definition) is 1. The van der Waals surface area contributed by atoms with Crippen molar-refractivity contribution in [2.45, 2.75) is 51.0 Å². The molecule has 4 rings (SSSR count). The van der Waals surface area contributed by atoms with E-state index in [1.54, 1.807) is 0 Å². The third kappa shape index (κ3) is 2.13. The van der Waals surface area contributed by atoms with E-state index in [1.807, 2.05) is 0 Å². The highest BCUT2D eigenvalue weighted by molar-refractivity contribution is 5.56. The third-order valence-electron chi connectivity index (χ3n) is 4.98. The average molecular weight is 282 g/mol. The lowest BCUT2D eigenvalue weighted by Crippen LogP contribution is -2.22. The van der Waals surface area contributed by atoms with Gasteiger partial charge >= 0.3 is 0 Å². The zero-order valence-corrected chi connectivity index (χ0v) is 12.5. The van der Waals surface area contributed by atoms with Gasteiger partial charge in [-0.15, -0.1) is 10.2 Å². The Balaban J connectivity index is 1.78. The normalized spacial score (nSPS) is 22.0. The van der Waals surface area contributed by atoms with E-state index in [4.69, 9.17) is 0 Å². The molecule has 0 saturated heterocycles. The van der Waals surface area contributed by atoms with Crippen molar-refractivity contribution in [2.75, 3.05) is 11.9 Å². The number of fused-ring (bicyclic) bond motifs is 1. The molecule has 1 saturated carbocycles. The zero-order chi connectivity index (χ0) is 14.2. The summed E-state index contributed by atoms with van der Waals surface area (Å²) in [5.41, 5.74) is 2.63. The largest absolute Gasteiger partial charge is 0.385 e. The van der Waals surface area contributed by atoms with Gasteiger partial charge in [0, 0.05) is 24.2 Å². The molecule has 1 aliphatic carbocycles. The molecular weight excluding hydrogens is 260 g/mol. The van der Waals surface area contributed by atoms with Crippen LogP contribution >= 0.6 is 0 Å². The highest BCUT2D eigenvalue weighted by Crippen LogP contribution is 2.39. The van der Waals surface area contributed by atoms with Crippen molar-refractivity contribution in [3.05, 3.63) is 41.5 Å². The lowest BCUT2D eigenvalue weighted by molar-refractivity contribution is 0.471. The minimum Gasteiger partial charge on any atom is -0.385 e. The van der Waals surface area contributed by atoms with Gasteiger partial charge in [0.05, 0.1) is 0 Å². The van der Waals surface area contributed by atoms with Crippen molar-refractivity contribution >= 4 is 5.69 Å². The summed E-state index contributed by atoms with van der Waals surface area (Å²) < 4.78 is 2.43. The fourth-order valence-corrected chi connectivity index (χ4v) is 3.97. The molecule has 1 fully saturated rings. The summed E-state index contributed by atoms with van der Waals surface area (Å²) >= 11 is 0. The smallest absolute Gasteiger partial charge is 0.140 e. The van der Waals surface area contributed by atoms with Gasteiger partial charge in [0.15, 0.2) is 0 Å². The van der Waals surface area contributed by atoms with Crippen LogP contribution in [0.2, 0.25) is 0 Å². The van der Waals surface area contributed by atoms with Crippen LogP contribution in [0.5, 0.6) is 0 Å². The third-order valence-corrected chi connectivity index (χ3v) is 4.98. The van der Waals surface area contributed by atoms with Crippen molar-refractivity contribution in [1.29, 1.82) is 0 Å². The zero-order valence-electron chi connectivity index (χ0n) is 12.5. The van der Waals surface area contributed by atoms with Crippen LogP contribution in [0.4, 0.5) is 5.69 Å². The Kier molecular flexibility index (Phi) is 3.17. The van der Waals surface area contributed by atoms with E-state index in [-0.39, 0.29) is 0 Å². The predicted octanol–water partition coefficient (Wildman–Crippen LogP) is 3.65. The molecule has 0 amide bonds. The van der Waals surface area contributed by atoms with Gasteiger partial charge < -0.3 is 9.88 Å². The first kappa shape index (κ1) is 12.9. The average Bonchev–Trinajstić information content (AvgIpc) is 3.16. The summed E-state index contributed by atoms with van der Waals surface area (Å²) in [5.74, 6) is 2.63. The lowest BCUT2D eigenvalue weighted by Gasteiger charge is -2.28. The topological polar surface area (TPSA) is 42.7 Å². The molecule has 110 valence electrons. The van der Waals surface area contributed by atoms with Crippen LogP contribution in [-0.4, -0.2) is 21.3 Å². The fourth-order valence-electron chi connectivity index (χ4n) is 3.97. The SMILES string of the molecule is Cc1nnc(C2CCNc3ccccc32)n1C1CCCC1. The molecule has 0 spiro atoms. The van der Waals surface area contributed by atoms with Crippen LogP contribution in [0.25, 0.3) is 0 Å². The maximum Gasteiger partial charge on any atom is 0.140 e. The second-order valence-corrected chi connectivity index (χ2v) is 6.27. The molecule has 1 N–H and O–H groups in total. The monoisotopic (exact) mass is 282 g/mol. The molecule has 1 aromatic heterocycles. The van der Waals surface area contributed by atoms with Crippen LogP contribution in [0.15, 0.2) is 24.3 Å². The Morgan fingerprint density at radius 2 is 1.90 bits per heavy atom. The summed E-state index contributed by atoms with van der Waals surface area (Å²) in [5, 5.41) is 12.5. The van der Waals surface area contributed by atoms with Gasteiger partial charge in [-0.3, -0.25) is 0 Å². The minimum absolute atomic E-state index is 0.379. The number of nitrogens with one attached hydrogen (secondary N) is 1. The molecule has 1 aromatic carbocycles. The Labute approximate surface area is 125 Å². The van der Waals surface area contributed by atoms with Crippen LogP contribution in [0, 0.1) is 6.92 Å². The molecule has 4 nitrogen and oxygen atoms in total. The van der Waals surface area contributed by atoms with Gasteiger partial charge in [0.25, 0.3) is 0 Å². The molecule has 0 radical (unpaired) electrons. The number of aryl methyl sites for hydroxylation is 1. The molecule has 2 heterocycles. The Hall–Kier alpha value is -1.84. The van der Waals surface area contributed by atoms with E-state index in [2.05, 4.69) is 51.3 Å². The van der Waals surface area contributed by atoms with Crippen molar-refractivity contribution < 1.29 is 0 Å². The van der Waals surface area contributed by atoms with E-state index in [1.165, 1.54) is 42.8 Å². The number of aromatic nitrogens is 3. The Morgan fingerprint density at radius 3 is 2.76 bits per heavy atom. The molecule has 1 unspecified atom stereocenters. The predicted molar refractivity (Wildman–Crippen MR) is 83.7 cm³/mol. The summed E-state index contributed by atoms with van der Waals surface area (Å²) in [4.78, 5) is 0. The van der Waals surface area contributed by atoms with Crippen molar-refractivity contribution in [2.24, 2.45) is 0 Å². The summed E-state index contributed by atoms with van der Waals surface area (Å²) in [6.07, 6.45) is 6.33. The van der Waals surface area contributed by atoms with E-state index in [9.17, 15) is 0 Å². The van der Waals surface area contributed by atoms with Gasteiger partial charge in [-0.25, -0.2) is 0 Å². The molecule has 21 heavy (non-hydrogen) atoms. The summed E-state index contributed by atoms with van der Waals surface area (Å²) in [6.45, 7) is 3.11. The second kappa shape index (κ2) is 5.17. The first-order valence-corrected chi connectivity index (χ1v) is 8.09. The van der Waals surface area contributed by atoms with E-state index in [0.29, 0.717) is 12.0 Å². The standard InChI is InChI=1S/C17H22N4/c1-12-19-20-17(21(12)13-6-2-3-7-13)15-10-11-18-16-9-5-4-8-14(15)16/h4-5,8-9,13,15,18H,2-3,6-7,10-11H2,1H3. The maximum atomic E-state index is 4.57. The maximum absolute atomic E-state index is 4.57. The fraction of sp³-hybridized carbons (Fsp3) is 0.529. The van der Waals surface area contributed by atoms with Crippen molar-refractivity contribution in [3.63, 3.8) is 0 Å². The first-order valence-electron chi connectivity index (χ1n) is 8.09. The molecule has 1 aliphatic heterocycles. The molecule has 2 aromatic rings. The Morgan fingerprint density at radius 1 is 1.10 bits per heavy atom. The van der Waals surface area contributed by atoms with Crippen LogP contribution in [0.1, 0.15) is 61.3 Å². The van der Waals surface area contributed by atoms with Crippen LogP contribution in [0.3, 0.4) is 0 Å². The quantitative estimate of drug-likeness (QED) is 0.914. The lowest BCUT2D eigenvalue weighted by atomic mass is 9.90. The van der Waals surface area contributed by atoms with Crippen molar-refractivity contribution in [1.82, 2.24) is 14.8 Å². The molecule has 4 heteroatoms. The van der Waals surface area contributed by atoms with E-state index in [0.717, 1.165) is 18.8 Å². The number of hydrogen-bond acceptors (Lipinski definition) is 3. The molecule has 0 bridgehead atoms. The minimum atomic E-state index is 0.379. The number of nitrogens with zero attached hydrogens (tertiary/aromatic N) is 3. The second-order valence-electron chi connectivity index (χ2n) is 6.27. The van der Waals surface area contributed by atoms with Crippen LogP contribution in [-0.2, 0) is 0 Å². The Bertz CT molecular complexity index is 640. The van der Waals surface area contributed by atoms with E-state index < -0.39 is 0 Å². The van der Waals surface area contributed by atoms with E-state index >= 15 is 0 Å². The van der Waals surface area contributed by atoms with Crippen LogP contribution < -0.4 is 5.32 Å². The number of rotatable bonds is 2. The first-order chi connectivity index (χ1) is 10.3. The molecule has 2 aliphatic rings. The van der Waals surface area contributed by atoms with Gasteiger partial charge in [0.1, 0.15) is 11.6 Å². The highest BCUT2D eigenvalue weighted by atomic mass is 15.3. The van der Waals surface area contributed by atoms with Crippen molar-refractivity contribution in [3.8, 4) is 0 Å². The van der Waals surface area contributed by atoms with Gasteiger partial charge in [0.2, 0.25) is 0 Å². The number of para-hydroxylation sites is 1. The van der Waals surface area contributed by atoms with Gasteiger partial charge in [-0.1, -0.05) is 31.0 Å². The molecular formula is C17H22N4. The number of benzene rings is 1. The highest BCUT2D eigenvalue weighted by Gasteiger charge is 2.30.